The highest BCUT2D eigenvalue weighted by Gasteiger charge is 2.21. The Labute approximate surface area is 188 Å². The Bertz CT molecular complexity index is 1300. The van der Waals surface area contributed by atoms with Crippen LogP contribution in [0.3, 0.4) is 0 Å². The van der Waals surface area contributed by atoms with Crippen molar-refractivity contribution in [3.05, 3.63) is 64.7 Å². The third-order valence-electron chi connectivity index (χ3n) is 6.20. The molecule has 3 aromatic heterocycles. The number of rotatable bonds is 6. The number of aryl methyl sites for hydroxylation is 3. The number of hydrogen-bond donors (Lipinski definition) is 0. The molecule has 0 radical (unpaired) electrons. The van der Waals surface area contributed by atoms with Gasteiger partial charge in [-0.05, 0) is 46.8 Å². The van der Waals surface area contributed by atoms with E-state index in [0.29, 0.717) is 12.1 Å². The summed E-state index contributed by atoms with van der Waals surface area (Å²) in [5, 5.41) is 9.91. The normalized spacial score (nSPS) is 11.3. The third kappa shape index (κ3) is 3.68. The lowest BCUT2D eigenvalue weighted by Gasteiger charge is -2.19. The van der Waals surface area contributed by atoms with E-state index in [1.54, 1.807) is 4.90 Å². The summed E-state index contributed by atoms with van der Waals surface area (Å²) in [7, 11) is 1.85. The van der Waals surface area contributed by atoms with Gasteiger partial charge in [-0.2, -0.15) is 10.2 Å². The molecule has 0 fully saturated rings. The topological polar surface area (TPSA) is 68.8 Å². The van der Waals surface area contributed by atoms with E-state index >= 15 is 0 Å². The Balaban J connectivity index is 1.76. The minimum atomic E-state index is -0.0339. The van der Waals surface area contributed by atoms with Crippen LogP contribution in [-0.2, 0) is 19.6 Å². The van der Waals surface area contributed by atoms with Gasteiger partial charge in [-0.15, -0.1) is 0 Å². The van der Waals surface area contributed by atoms with E-state index in [1.165, 1.54) is 0 Å². The number of carbonyl (C=O) groups excluding carboxylic acids is 1. The van der Waals surface area contributed by atoms with Gasteiger partial charge in [0.15, 0.2) is 0 Å². The molecule has 0 saturated heterocycles. The summed E-state index contributed by atoms with van der Waals surface area (Å²) in [4.78, 5) is 20.3. The lowest BCUT2D eigenvalue weighted by molar-refractivity contribution is 0.0786. The minimum absolute atomic E-state index is 0.0339. The number of carbonyl (C=O) groups is 1. The Kier molecular flexibility index (Phi) is 5.82. The summed E-state index contributed by atoms with van der Waals surface area (Å²) in [6.45, 7) is 12.3. The summed E-state index contributed by atoms with van der Waals surface area (Å²) in [5.74, 6) is -0.0339. The minimum Gasteiger partial charge on any atom is -0.337 e. The van der Waals surface area contributed by atoms with Crippen LogP contribution in [0.25, 0.3) is 22.2 Å². The van der Waals surface area contributed by atoms with Gasteiger partial charge in [0.2, 0.25) is 0 Å². The molecule has 7 nitrogen and oxygen atoms in total. The van der Waals surface area contributed by atoms with Crippen LogP contribution in [0.15, 0.2) is 36.5 Å². The molecule has 0 unspecified atom stereocenters. The van der Waals surface area contributed by atoms with Crippen LogP contribution < -0.4 is 0 Å². The van der Waals surface area contributed by atoms with Gasteiger partial charge >= 0.3 is 0 Å². The molecule has 0 aliphatic heterocycles. The maximum atomic E-state index is 13.6. The molecule has 0 bridgehead atoms. The molecule has 1 amide bonds. The van der Waals surface area contributed by atoms with Crippen molar-refractivity contribution in [1.82, 2.24) is 29.4 Å². The largest absolute Gasteiger partial charge is 0.337 e. The molecule has 0 atom stereocenters. The number of hydrogen-bond acceptors (Lipinski definition) is 4. The van der Waals surface area contributed by atoms with Crippen LogP contribution in [0, 0.1) is 20.8 Å². The van der Waals surface area contributed by atoms with Crippen LogP contribution in [0.2, 0.25) is 0 Å². The maximum Gasteiger partial charge on any atom is 0.254 e. The van der Waals surface area contributed by atoms with Crippen molar-refractivity contribution in [2.75, 3.05) is 7.05 Å². The fourth-order valence-electron chi connectivity index (χ4n) is 4.29. The third-order valence-corrected chi connectivity index (χ3v) is 6.20. The maximum absolute atomic E-state index is 13.6. The molecule has 1 aromatic carbocycles. The van der Waals surface area contributed by atoms with Crippen LogP contribution in [0.1, 0.15) is 46.9 Å². The number of nitrogens with zero attached hydrogens (tertiary/aromatic N) is 6. The zero-order valence-corrected chi connectivity index (χ0v) is 19.7. The van der Waals surface area contributed by atoms with Crippen molar-refractivity contribution in [2.45, 2.75) is 54.3 Å². The first-order chi connectivity index (χ1) is 15.3. The molecule has 0 saturated carbocycles. The molecule has 4 aromatic rings. The number of benzene rings is 1. The first-order valence-electron chi connectivity index (χ1n) is 11.1. The van der Waals surface area contributed by atoms with Gasteiger partial charge in [0, 0.05) is 54.6 Å². The zero-order valence-electron chi connectivity index (χ0n) is 19.7. The zero-order chi connectivity index (χ0) is 23.0. The Morgan fingerprint density at radius 2 is 1.75 bits per heavy atom. The van der Waals surface area contributed by atoms with Gasteiger partial charge in [-0.25, -0.2) is 4.98 Å². The Hall–Kier alpha value is -3.48. The average molecular weight is 431 g/mol. The molecule has 0 spiro atoms. The van der Waals surface area contributed by atoms with Gasteiger partial charge in [-0.1, -0.05) is 18.2 Å². The van der Waals surface area contributed by atoms with Crippen LogP contribution in [0.4, 0.5) is 0 Å². The number of amides is 1. The van der Waals surface area contributed by atoms with Crippen LogP contribution in [-0.4, -0.2) is 42.4 Å². The fraction of sp³-hybridized carbons (Fsp3) is 0.360. The van der Waals surface area contributed by atoms with E-state index in [4.69, 9.17) is 4.98 Å². The summed E-state index contributed by atoms with van der Waals surface area (Å²) in [5.41, 5.74) is 7.38. The van der Waals surface area contributed by atoms with E-state index in [2.05, 4.69) is 31.0 Å². The molecule has 3 heterocycles. The predicted octanol–water partition coefficient (Wildman–Crippen LogP) is 4.53. The van der Waals surface area contributed by atoms with Crippen LogP contribution >= 0.6 is 0 Å². The number of aromatic nitrogens is 5. The molecule has 0 aliphatic carbocycles. The van der Waals surface area contributed by atoms with Crippen molar-refractivity contribution in [3.8, 4) is 11.3 Å². The Morgan fingerprint density at radius 1 is 1.03 bits per heavy atom. The number of para-hydroxylation sites is 1. The molecule has 0 aliphatic rings. The first-order valence-corrected chi connectivity index (χ1v) is 11.1. The first kappa shape index (κ1) is 21.7. The highest BCUT2D eigenvalue weighted by molar-refractivity contribution is 6.07. The predicted molar refractivity (Wildman–Crippen MR) is 127 cm³/mol. The van der Waals surface area contributed by atoms with Crippen molar-refractivity contribution in [1.29, 1.82) is 0 Å². The standard InChI is InChI=1S/C25H30N6O/c1-7-30-17(4)21(14-26-30)24-13-20(19-11-9-10-12-23(19)27-24)25(32)29(6)15-22-16(3)28-31(8-2)18(22)5/h9-14H,7-8,15H2,1-6H3. The quantitative estimate of drug-likeness (QED) is 0.451. The molecular weight excluding hydrogens is 400 g/mol. The van der Waals surface area contributed by atoms with Gasteiger partial charge in [0.25, 0.3) is 5.91 Å². The summed E-state index contributed by atoms with van der Waals surface area (Å²) >= 11 is 0. The second-order valence-electron chi connectivity index (χ2n) is 8.16. The molecule has 4 rings (SSSR count). The number of pyridine rings is 1. The molecular formula is C25H30N6O. The highest BCUT2D eigenvalue weighted by Crippen LogP contribution is 2.28. The lowest BCUT2D eigenvalue weighted by atomic mass is 10.0. The molecule has 7 heteroatoms. The van der Waals surface area contributed by atoms with E-state index in [1.807, 2.05) is 66.8 Å². The number of fused-ring (bicyclic) bond motifs is 1. The van der Waals surface area contributed by atoms with E-state index in [-0.39, 0.29) is 5.91 Å². The van der Waals surface area contributed by atoms with E-state index in [9.17, 15) is 4.79 Å². The molecule has 166 valence electrons. The summed E-state index contributed by atoms with van der Waals surface area (Å²) in [6, 6.07) is 9.71. The van der Waals surface area contributed by atoms with E-state index < -0.39 is 0 Å². The highest BCUT2D eigenvalue weighted by atomic mass is 16.2. The second-order valence-corrected chi connectivity index (χ2v) is 8.16. The molecule has 0 N–H and O–H groups in total. The fourth-order valence-corrected chi connectivity index (χ4v) is 4.29. The Morgan fingerprint density at radius 3 is 2.41 bits per heavy atom. The second kappa shape index (κ2) is 8.57. The smallest absolute Gasteiger partial charge is 0.254 e. The van der Waals surface area contributed by atoms with Gasteiger partial charge in [-0.3, -0.25) is 14.2 Å². The van der Waals surface area contributed by atoms with Gasteiger partial charge < -0.3 is 4.90 Å². The summed E-state index contributed by atoms with van der Waals surface area (Å²) < 4.78 is 3.92. The average Bonchev–Trinajstić information content (AvgIpc) is 3.31. The van der Waals surface area contributed by atoms with Crippen molar-refractivity contribution >= 4 is 16.8 Å². The monoisotopic (exact) mass is 430 g/mol. The van der Waals surface area contributed by atoms with Gasteiger partial charge in [0.05, 0.1) is 28.7 Å². The van der Waals surface area contributed by atoms with Crippen molar-refractivity contribution < 1.29 is 4.79 Å². The summed E-state index contributed by atoms with van der Waals surface area (Å²) in [6.07, 6.45) is 1.83. The van der Waals surface area contributed by atoms with Gasteiger partial charge in [0.1, 0.15) is 0 Å². The SMILES string of the molecule is CCn1ncc(-c2cc(C(=O)N(C)Cc3c(C)nn(CC)c3C)c3ccccc3n2)c1C. The van der Waals surface area contributed by atoms with Crippen LogP contribution in [0.5, 0.6) is 0 Å². The van der Waals surface area contributed by atoms with E-state index in [0.717, 1.165) is 57.9 Å². The lowest BCUT2D eigenvalue weighted by Crippen LogP contribution is -2.27. The van der Waals surface area contributed by atoms with Crippen molar-refractivity contribution in [2.24, 2.45) is 0 Å². The molecule has 32 heavy (non-hydrogen) atoms. The van der Waals surface area contributed by atoms with Crippen molar-refractivity contribution in [3.63, 3.8) is 0 Å².